The second-order valence-corrected chi connectivity index (χ2v) is 7.00. The van der Waals surface area contributed by atoms with Crippen molar-refractivity contribution in [1.29, 1.82) is 0 Å². The molecular formula is C19H19NO. The lowest BCUT2D eigenvalue weighted by Crippen LogP contribution is -2.29. The molecule has 2 nitrogen and oxygen atoms in total. The second kappa shape index (κ2) is 4.09. The molecule has 5 rings (SSSR count). The summed E-state index contributed by atoms with van der Waals surface area (Å²) < 4.78 is 0. The van der Waals surface area contributed by atoms with Crippen LogP contribution >= 0.6 is 0 Å². The summed E-state index contributed by atoms with van der Waals surface area (Å²) in [6.45, 7) is 0.947. The highest BCUT2D eigenvalue weighted by atomic mass is 16.2. The molecule has 0 spiro atoms. The summed E-state index contributed by atoms with van der Waals surface area (Å²) in [7, 11) is 0. The molecule has 0 N–H and O–H groups in total. The van der Waals surface area contributed by atoms with Crippen LogP contribution in [0.5, 0.6) is 0 Å². The van der Waals surface area contributed by atoms with E-state index in [-0.39, 0.29) is 0 Å². The van der Waals surface area contributed by atoms with Crippen LogP contribution in [-0.4, -0.2) is 12.5 Å². The monoisotopic (exact) mass is 277 g/mol. The number of amides is 1. The summed E-state index contributed by atoms with van der Waals surface area (Å²) in [6.07, 6.45) is 3.94. The Balaban J connectivity index is 1.54. The Hall–Kier alpha value is -1.83. The Morgan fingerprint density at radius 2 is 1.76 bits per heavy atom. The highest BCUT2D eigenvalue weighted by molar-refractivity contribution is 6.00. The number of fused-ring (bicyclic) bond motifs is 6. The lowest BCUT2D eigenvalue weighted by Gasteiger charge is -2.20. The third kappa shape index (κ3) is 1.56. The second-order valence-electron chi connectivity index (χ2n) is 7.00. The van der Waals surface area contributed by atoms with Gasteiger partial charge in [0, 0.05) is 18.2 Å². The van der Waals surface area contributed by atoms with Crippen molar-refractivity contribution in [3.8, 4) is 0 Å². The number of hydrogen-bond donors (Lipinski definition) is 0. The zero-order valence-electron chi connectivity index (χ0n) is 12.0. The van der Waals surface area contributed by atoms with E-state index in [1.807, 2.05) is 0 Å². The molecule has 2 aromatic rings. The first-order chi connectivity index (χ1) is 10.3. The van der Waals surface area contributed by atoms with Gasteiger partial charge in [-0.25, -0.2) is 0 Å². The maximum Gasteiger partial charge on any atom is 0.230 e. The first-order valence-corrected chi connectivity index (χ1v) is 8.11. The van der Waals surface area contributed by atoms with Gasteiger partial charge in [0.15, 0.2) is 0 Å². The fourth-order valence-electron chi connectivity index (χ4n) is 5.12. The predicted molar refractivity (Wildman–Crippen MR) is 84.1 cm³/mol. The quantitative estimate of drug-likeness (QED) is 0.775. The molecule has 4 atom stereocenters. The van der Waals surface area contributed by atoms with Crippen LogP contribution in [0.2, 0.25) is 0 Å². The molecule has 1 saturated heterocycles. The SMILES string of the molecule is O=C1C2C3CCC(C3)C2CN1c1ccc2ccccc2c1. The van der Waals surface area contributed by atoms with Gasteiger partial charge in [0.1, 0.15) is 0 Å². The smallest absolute Gasteiger partial charge is 0.230 e. The Morgan fingerprint density at radius 3 is 2.62 bits per heavy atom. The number of hydrogen-bond acceptors (Lipinski definition) is 1. The molecule has 2 aliphatic carbocycles. The zero-order chi connectivity index (χ0) is 14.0. The van der Waals surface area contributed by atoms with Crippen LogP contribution in [0.1, 0.15) is 19.3 Å². The van der Waals surface area contributed by atoms with Crippen LogP contribution in [0, 0.1) is 23.7 Å². The molecule has 2 heteroatoms. The lowest BCUT2D eigenvalue weighted by molar-refractivity contribution is -0.122. The summed E-state index contributed by atoms with van der Waals surface area (Å²) in [5.41, 5.74) is 1.09. The molecule has 1 amide bonds. The summed E-state index contributed by atoms with van der Waals surface area (Å²) in [6, 6.07) is 14.8. The number of benzene rings is 2. The Kier molecular flexibility index (Phi) is 2.30. The van der Waals surface area contributed by atoms with E-state index in [1.165, 1.54) is 30.0 Å². The first-order valence-electron chi connectivity index (χ1n) is 8.11. The topological polar surface area (TPSA) is 20.3 Å². The van der Waals surface area contributed by atoms with E-state index in [1.54, 1.807) is 0 Å². The van der Waals surface area contributed by atoms with Crippen molar-refractivity contribution in [2.45, 2.75) is 19.3 Å². The molecule has 21 heavy (non-hydrogen) atoms. The number of rotatable bonds is 1. The van der Waals surface area contributed by atoms with Crippen molar-refractivity contribution in [2.24, 2.45) is 23.7 Å². The number of anilines is 1. The highest BCUT2D eigenvalue weighted by Crippen LogP contribution is 2.56. The third-order valence-electron chi connectivity index (χ3n) is 6.08. The number of carbonyl (C=O) groups excluding carboxylic acids is 1. The Morgan fingerprint density at radius 1 is 0.952 bits per heavy atom. The van der Waals surface area contributed by atoms with E-state index < -0.39 is 0 Å². The predicted octanol–water partition coefficient (Wildman–Crippen LogP) is 3.85. The molecule has 3 aliphatic rings. The van der Waals surface area contributed by atoms with Crippen LogP contribution in [0.15, 0.2) is 42.5 Å². The van der Waals surface area contributed by atoms with E-state index in [0.717, 1.165) is 18.2 Å². The van der Waals surface area contributed by atoms with Gasteiger partial charge < -0.3 is 4.90 Å². The number of carbonyl (C=O) groups is 1. The largest absolute Gasteiger partial charge is 0.312 e. The van der Waals surface area contributed by atoms with E-state index in [9.17, 15) is 4.79 Å². The van der Waals surface area contributed by atoms with Gasteiger partial charge in [-0.2, -0.15) is 0 Å². The maximum atomic E-state index is 12.8. The van der Waals surface area contributed by atoms with Crippen LogP contribution in [0.4, 0.5) is 5.69 Å². The average Bonchev–Trinajstić information content (AvgIpc) is 3.20. The number of nitrogens with zero attached hydrogens (tertiary/aromatic N) is 1. The van der Waals surface area contributed by atoms with Crippen molar-refractivity contribution < 1.29 is 4.79 Å². The molecular weight excluding hydrogens is 258 g/mol. The molecule has 1 heterocycles. The normalized spacial score (nSPS) is 33.9. The van der Waals surface area contributed by atoms with E-state index in [4.69, 9.17) is 0 Å². The van der Waals surface area contributed by atoms with Gasteiger partial charge in [0.2, 0.25) is 5.91 Å². The summed E-state index contributed by atoms with van der Waals surface area (Å²) in [4.78, 5) is 14.9. The third-order valence-corrected chi connectivity index (χ3v) is 6.08. The van der Waals surface area contributed by atoms with Crippen molar-refractivity contribution in [1.82, 2.24) is 0 Å². The minimum absolute atomic E-state index is 0.329. The molecule has 2 bridgehead atoms. The van der Waals surface area contributed by atoms with Crippen LogP contribution < -0.4 is 4.90 Å². The van der Waals surface area contributed by atoms with E-state index >= 15 is 0 Å². The summed E-state index contributed by atoms with van der Waals surface area (Å²) >= 11 is 0. The van der Waals surface area contributed by atoms with Gasteiger partial charge in [0.25, 0.3) is 0 Å². The van der Waals surface area contributed by atoms with Crippen molar-refractivity contribution in [3.63, 3.8) is 0 Å². The van der Waals surface area contributed by atoms with Crippen molar-refractivity contribution >= 4 is 22.4 Å². The van der Waals surface area contributed by atoms with Crippen LogP contribution in [0.25, 0.3) is 10.8 Å². The first kappa shape index (κ1) is 11.8. The van der Waals surface area contributed by atoms with Gasteiger partial charge in [-0.1, -0.05) is 30.3 Å². The average molecular weight is 277 g/mol. The summed E-state index contributed by atoms with van der Waals surface area (Å²) in [5, 5.41) is 2.47. The molecule has 0 radical (unpaired) electrons. The van der Waals surface area contributed by atoms with Crippen molar-refractivity contribution in [2.75, 3.05) is 11.4 Å². The fourth-order valence-corrected chi connectivity index (χ4v) is 5.12. The minimum atomic E-state index is 0.329. The van der Waals surface area contributed by atoms with Gasteiger partial charge in [-0.15, -0.1) is 0 Å². The lowest BCUT2D eigenvalue weighted by atomic mass is 9.81. The molecule has 2 aromatic carbocycles. The van der Waals surface area contributed by atoms with Crippen LogP contribution in [-0.2, 0) is 4.79 Å². The highest BCUT2D eigenvalue weighted by Gasteiger charge is 2.56. The summed E-state index contributed by atoms with van der Waals surface area (Å²) in [5.74, 6) is 2.84. The molecule has 0 aromatic heterocycles. The molecule has 4 unspecified atom stereocenters. The van der Waals surface area contributed by atoms with Gasteiger partial charge in [-0.3, -0.25) is 4.79 Å². The van der Waals surface area contributed by atoms with Gasteiger partial charge in [0.05, 0.1) is 0 Å². The van der Waals surface area contributed by atoms with E-state index in [0.29, 0.717) is 23.7 Å². The van der Waals surface area contributed by atoms with Crippen LogP contribution in [0.3, 0.4) is 0 Å². The zero-order valence-corrected chi connectivity index (χ0v) is 12.0. The van der Waals surface area contributed by atoms with Crippen molar-refractivity contribution in [3.05, 3.63) is 42.5 Å². The fraction of sp³-hybridized carbons (Fsp3) is 0.421. The minimum Gasteiger partial charge on any atom is -0.312 e. The molecule has 1 aliphatic heterocycles. The molecule has 106 valence electrons. The van der Waals surface area contributed by atoms with E-state index in [2.05, 4.69) is 47.4 Å². The van der Waals surface area contributed by atoms with Gasteiger partial charge >= 0.3 is 0 Å². The molecule has 3 fully saturated rings. The Labute approximate surface area is 124 Å². The van der Waals surface area contributed by atoms with Gasteiger partial charge in [-0.05, 0) is 59.9 Å². The molecule has 2 saturated carbocycles. The maximum absolute atomic E-state index is 12.8. The standard InChI is InChI=1S/C19H19NO/c21-19-18-15-6-5-14(9-15)17(18)11-20(19)16-8-7-12-3-1-2-4-13(12)10-16/h1-4,7-8,10,14-15,17-18H,5-6,9,11H2. The Bertz CT molecular complexity index is 737.